The molecule has 2 fully saturated rings. The summed E-state index contributed by atoms with van der Waals surface area (Å²) in [6, 6.07) is 3.75. The second-order valence-corrected chi connectivity index (χ2v) is 5.32. The van der Waals surface area contributed by atoms with E-state index >= 15 is 0 Å². The van der Waals surface area contributed by atoms with E-state index in [2.05, 4.69) is 15.6 Å². The van der Waals surface area contributed by atoms with Crippen LogP contribution in [0.4, 0.5) is 5.82 Å². The van der Waals surface area contributed by atoms with Crippen molar-refractivity contribution in [1.82, 2.24) is 10.3 Å². The van der Waals surface area contributed by atoms with Gasteiger partial charge in [0.25, 0.3) is 5.91 Å². The number of rotatable bonds is 3. The highest BCUT2D eigenvalue weighted by molar-refractivity contribution is 5.95. The Kier molecular flexibility index (Phi) is 3.14. The van der Waals surface area contributed by atoms with E-state index in [-0.39, 0.29) is 18.1 Å². The van der Waals surface area contributed by atoms with Crippen LogP contribution in [-0.4, -0.2) is 36.2 Å². The number of amides is 1. The summed E-state index contributed by atoms with van der Waals surface area (Å²) in [6.07, 6.45) is 3.70. The van der Waals surface area contributed by atoms with E-state index in [4.69, 9.17) is 4.74 Å². The molecule has 0 saturated carbocycles. The van der Waals surface area contributed by atoms with Gasteiger partial charge in [-0.05, 0) is 38.3 Å². The molecule has 3 rings (SSSR count). The molecular weight excluding hydrogens is 242 g/mol. The molecule has 1 aromatic rings. The number of fused-ring (bicyclic) bond motifs is 2. The fourth-order valence-corrected chi connectivity index (χ4v) is 2.97. The summed E-state index contributed by atoms with van der Waals surface area (Å²) in [4.78, 5) is 16.6. The number of ether oxygens (including phenoxy) is 1. The van der Waals surface area contributed by atoms with Crippen molar-refractivity contribution < 1.29 is 9.53 Å². The molecule has 1 aromatic heterocycles. The van der Waals surface area contributed by atoms with Gasteiger partial charge in [-0.3, -0.25) is 4.79 Å². The van der Waals surface area contributed by atoms with E-state index in [1.54, 1.807) is 13.1 Å². The Morgan fingerprint density at radius 3 is 2.89 bits per heavy atom. The fourth-order valence-electron chi connectivity index (χ4n) is 2.97. The van der Waals surface area contributed by atoms with Gasteiger partial charge in [0.2, 0.25) is 0 Å². The Labute approximate surface area is 112 Å². The van der Waals surface area contributed by atoms with Gasteiger partial charge in [-0.2, -0.15) is 0 Å². The van der Waals surface area contributed by atoms with Crippen molar-refractivity contribution in [2.45, 2.75) is 44.4 Å². The van der Waals surface area contributed by atoms with Crippen molar-refractivity contribution in [3.8, 4) is 0 Å². The summed E-state index contributed by atoms with van der Waals surface area (Å²) in [6.45, 7) is 1.89. The first-order chi connectivity index (χ1) is 9.15. The van der Waals surface area contributed by atoms with Gasteiger partial charge in [0.05, 0.1) is 18.2 Å². The number of anilines is 1. The molecule has 2 saturated heterocycles. The first kappa shape index (κ1) is 12.4. The van der Waals surface area contributed by atoms with Gasteiger partial charge < -0.3 is 15.4 Å². The van der Waals surface area contributed by atoms with E-state index < -0.39 is 0 Å². The van der Waals surface area contributed by atoms with Gasteiger partial charge in [0.15, 0.2) is 0 Å². The lowest BCUT2D eigenvalue weighted by Gasteiger charge is -2.20. The molecule has 102 valence electrons. The molecule has 0 aromatic carbocycles. The van der Waals surface area contributed by atoms with E-state index in [1.807, 2.05) is 13.0 Å². The maximum absolute atomic E-state index is 12.3. The van der Waals surface area contributed by atoms with E-state index in [1.165, 1.54) is 0 Å². The normalized spacial score (nSPS) is 28.4. The zero-order valence-corrected chi connectivity index (χ0v) is 11.3. The first-order valence-electron chi connectivity index (χ1n) is 6.78. The molecule has 3 unspecified atom stereocenters. The number of nitrogens with zero attached hydrogens (tertiary/aromatic N) is 1. The van der Waals surface area contributed by atoms with Crippen LogP contribution in [0.2, 0.25) is 0 Å². The number of carbonyl (C=O) groups is 1. The van der Waals surface area contributed by atoms with Crippen molar-refractivity contribution >= 4 is 11.7 Å². The topological polar surface area (TPSA) is 63.2 Å². The molecule has 1 amide bonds. The van der Waals surface area contributed by atoms with Crippen LogP contribution in [0.3, 0.4) is 0 Å². The summed E-state index contributed by atoms with van der Waals surface area (Å²) in [5.74, 6) is 0.678. The van der Waals surface area contributed by atoms with Crippen molar-refractivity contribution in [3.05, 3.63) is 23.4 Å². The van der Waals surface area contributed by atoms with Gasteiger partial charge in [-0.1, -0.05) is 0 Å². The molecule has 5 nitrogen and oxygen atoms in total. The Balaban J connectivity index is 1.72. The van der Waals surface area contributed by atoms with Crippen LogP contribution in [0, 0.1) is 6.92 Å². The SMILES string of the molecule is CNc1cc(C(=O)NC2CC3CCC2O3)cc(C)n1. The van der Waals surface area contributed by atoms with Crippen LogP contribution >= 0.6 is 0 Å². The molecule has 2 aliphatic rings. The number of nitrogens with one attached hydrogen (secondary N) is 2. The maximum Gasteiger partial charge on any atom is 0.251 e. The van der Waals surface area contributed by atoms with E-state index in [9.17, 15) is 4.79 Å². The summed E-state index contributed by atoms with van der Waals surface area (Å²) < 4.78 is 5.75. The largest absolute Gasteiger partial charge is 0.373 e. The highest BCUT2D eigenvalue weighted by Crippen LogP contribution is 2.34. The van der Waals surface area contributed by atoms with Gasteiger partial charge in [0.1, 0.15) is 5.82 Å². The molecule has 0 radical (unpaired) electrons. The highest BCUT2D eigenvalue weighted by atomic mass is 16.5. The number of hydrogen-bond acceptors (Lipinski definition) is 4. The molecule has 2 aliphatic heterocycles. The molecule has 5 heteroatoms. The van der Waals surface area contributed by atoms with Crippen LogP contribution in [0.5, 0.6) is 0 Å². The van der Waals surface area contributed by atoms with Crippen molar-refractivity contribution in [2.75, 3.05) is 12.4 Å². The maximum atomic E-state index is 12.3. The third kappa shape index (κ3) is 2.42. The number of carbonyl (C=O) groups excluding carboxylic acids is 1. The standard InChI is InChI=1S/C14H19N3O2/c1-8-5-9(6-13(15-2)16-8)14(18)17-11-7-10-3-4-12(11)19-10/h5-6,10-12H,3-4,7H2,1-2H3,(H,15,16)(H,17,18). The average molecular weight is 261 g/mol. The lowest BCUT2D eigenvalue weighted by atomic mass is 9.95. The second-order valence-electron chi connectivity index (χ2n) is 5.32. The zero-order valence-electron chi connectivity index (χ0n) is 11.3. The highest BCUT2D eigenvalue weighted by Gasteiger charge is 2.41. The Hall–Kier alpha value is -1.62. The summed E-state index contributed by atoms with van der Waals surface area (Å²) in [5, 5.41) is 6.05. The number of aryl methyl sites for hydroxylation is 1. The van der Waals surface area contributed by atoms with Gasteiger partial charge in [0, 0.05) is 18.3 Å². The smallest absolute Gasteiger partial charge is 0.251 e. The summed E-state index contributed by atoms with van der Waals surface area (Å²) in [5.41, 5.74) is 1.49. The second kappa shape index (κ2) is 4.81. The Morgan fingerprint density at radius 1 is 1.42 bits per heavy atom. The van der Waals surface area contributed by atoms with Gasteiger partial charge in [-0.15, -0.1) is 0 Å². The average Bonchev–Trinajstić information content (AvgIpc) is 3.00. The number of aromatic nitrogens is 1. The first-order valence-corrected chi connectivity index (χ1v) is 6.78. The molecule has 0 spiro atoms. The molecule has 2 N–H and O–H groups in total. The predicted molar refractivity (Wildman–Crippen MR) is 72.3 cm³/mol. The van der Waals surface area contributed by atoms with Gasteiger partial charge >= 0.3 is 0 Å². The van der Waals surface area contributed by atoms with Crippen molar-refractivity contribution in [2.24, 2.45) is 0 Å². The van der Waals surface area contributed by atoms with Crippen LogP contribution in [0.25, 0.3) is 0 Å². The van der Waals surface area contributed by atoms with Crippen LogP contribution in [0.15, 0.2) is 12.1 Å². The quantitative estimate of drug-likeness (QED) is 0.865. The Morgan fingerprint density at radius 2 is 2.26 bits per heavy atom. The van der Waals surface area contributed by atoms with Crippen LogP contribution < -0.4 is 10.6 Å². The number of hydrogen-bond donors (Lipinski definition) is 2. The van der Waals surface area contributed by atoms with Crippen molar-refractivity contribution in [3.63, 3.8) is 0 Å². The zero-order chi connectivity index (χ0) is 13.4. The molecular formula is C14H19N3O2. The fraction of sp³-hybridized carbons (Fsp3) is 0.571. The van der Waals surface area contributed by atoms with Gasteiger partial charge in [-0.25, -0.2) is 4.98 Å². The minimum atomic E-state index is -0.0387. The molecule has 0 aliphatic carbocycles. The predicted octanol–water partition coefficient (Wildman–Crippen LogP) is 1.48. The monoisotopic (exact) mass is 261 g/mol. The molecule has 3 atom stereocenters. The Bertz CT molecular complexity index is 503. The molecule has 19 heavy (non-hydrogen) atoms. The third-order valence-corrected chi connectivity index (χ3v) is 3.89. The van der Waals surface area contributed by atoms with Crippen LogP contribution in [0.1, 0.15) is 35.3 Å². The number of pyridine rings is 1. The van der Waals surface area contributed by atoms with Crippen molar-refractivity contribution in [1.29, 1.82) is 0 Å². The van der Waals surface area contributed by atoms with E-state index in [0.29, 0.717) is 17.5 Å². The minimum Gasteiger partial charge on any atom is -0.373 e. The summed E-state index contributed by atoms with van der Waals surface area (Å²) >= 11 is 0. The molecule has 2 bridgehead atoms. The van der Waals surface area contributed by atoms with Crippen LogP contribution in [-0.2, 0) is 4.74 Å². The molecule has 3 heterocycles. The van der Waals surface area contributed by atoms with E-state index in [0.717, 1.165) is 25.0 Å². The third-order valence-electron chi connectivity index (χ3n) is 3.89. The minimum absolute atomic E-state index is 0.0387. The lowest BCUT2D eigenvalue weighted by Crippen LogP contribution is -2.41. The summed E-state index contributed by atoms with van der Waals surface area (Å²) in [7, 11) is 1.80. The lowest BCUT2D eigenvalue weighted by molar-refractivity contribution is 0.0841.